The van der Waals surface area contributed by atoms with E-state index in [2.05, 4.69) is 10.3 Å². The third kappa shape index (κ3) is 3.20. The molecule has 122 valence electrons. The van der Waals surface area contributed by atoms with Gasteiger partial charge >= 0.3 is 6.18 Å². The van der Waals surface area contributed by atoms with Gasteiger partial charge in [-0.05, 0) is 31.5 Å². The lowest BCUT2D eigenvalue weighted by molar-refractivity contribution is -0.137. The number of hydrogen-bond donors (Lipinski definition) is 1. The highest BCUT2D eigenvalue weighted by Gasteiger charge is 2.41. The molecule has 1 unspecified atom stereocenters. The highest BCUT2D eigenvalue weighted by molar-refractivity contribution is 5.93. The number of carbonyl (C=O) groups is 1. The SMILES string of the molecule is Cl.O=C1CCC2(CCNC2)CN1c1ccc(C(F)(F)F)cn1. The van der Waals surface area contributed by atoms with Crippen molar-refractivity contribution in [2.45, 2.75) is 25.4 Å². The molecule has 2 fully saturated rings. The average Bonchev–Trinajstić information content (AvgIpc) is 2.90. The minimum absolute atomic E-state index is 0. The zero-order valence-electron chi connectivity index (χ0n) is 11.8. The molecule has 0 saturated carbocycles. The number of halogens is 4. The number of amides is 1. The molecule has 0 aliphatic carbocycles. The lowest BCUT2D eigenvalue weighted by atomic mass is 9.79. The topological polar surface area (TPSA) is 45.2 Å². The van der Waals surface area contributed by atoms with Crippen LogP contribution in [-0.2, 0) is 11.0 Å². The number of nitrogens with one attached hydrogen (secondary N) is 1. The molecule has 8 heteroatoms. The number of piperidine rings is 1. The summed E-state index contributed by atoms with van der Waals surface area (Å²) in [6.45, 7) is 2.29. The van der Waals surface area contributed by atoms with Crippen LogP contribution in [0.1, 0.15) is 24.8 Å². The Morgan fingerprint density at radius 2 is 2.05 bits per heavy atom. The third-order valence-electron chi connectivity index (χ3n) is 4.35. The Morgan fingerprint density at radius 3 is 2.59 bits per heavy atom. The summed E-state index contributed by atoms with van der Waals surface area (Å²) in [7, 11) is 0. The molecular formula is C14H17ClF3N3O. The maximum atomic E-state index is 12.6. The van der Waals surface area contributed by atoms with E-state index in [1.165, 1.54) is 11.0 Å². The number of aromatic nitrogens is 1. The Labute approximate surface area is 132 Å². The summed E-state index contributed by atoms with van der Waals surface area (Å²) in [6.07, 6.45) is -1.39. The van der Waals surface area contributed by atoms with Crippen LogP contribution in [-0.4, -0.2) is 30.5 Å². The van der Waals surface area contributed by atoms with Crippen molar-refractivity contribution in [2.75, 3.05) is 24.5 Å². The van der Waals surface area contributed by atoms with E-state index in [9.17, 15) is 18.0 Å². The molecule has 22 heavy (non-hydrogen) atoms. The first kappa shape index (κ1) is 17.0. The first-order valence-corrected chi connectivity index (χ1v) is 6.94. The fraction of sp³-hybridized carbons (Fsp3) is 0.571. The lowest BCUT2D eigenvalue weighted by Gasteiger charge is -2.39. The van der Waals surface area contributed by atoms with Crippen LogP contribution in [0.2, 0.25) is 0 Å². The summed E-state index contributed by atoms with van der Waals surface area (Å²) < 4.78 is 37.7. The number of hydrogen-bond acceptors (Lipinski definition) is 3. The van der Waals surface area contributed by atoms with Crippen molar-refractivity contribution >= 4 is 24.1 Å². The summed E-state index contributed by atoms with van der Waals surface area (Å²) in [4.78, 5) is 17.4. The van der Waals surface area contributed by atoms with E-state index in [-0.39, 0.29) is 23.7 Å². The van der Waals surface area contributed by atoms with Gasteiger partial charge in [-0.3, -0.25) is 9.69 Å². The molecule has 1 aromatic heterocycles. The van der Waals surface area contributed by atoms with Gasteiger partial charge in [0.2, 0.25) is 5.91 Å². The molecule has 1 amide bonds. The van der Waals surface area contributed by atoms with E-state index >= 15 is 0 Å². The molecule has 0 bridgehead atoms. The third-order valence-corrected chi connectivity index (χ3v) is 4.35. The molecule has 2 aliphatic rings. The van der Waals surface area contributed by atoms with Gasteiger partial charge in [-0.1, -0.05) is 0 Å². The van der Waals surface area contributed by atoms with E-state index in [1.54, 1.807) is 0 Å². The number of anilines is 1. The van der Waals surface area contributed by atoms with E-state index in [4.69, 9.17) is 0 Å². The zero-order chi connectivity index (χ0) is 15.1. The molecule has 1 spiro atoms. The van der Waals surface area contributed by atoms with Crippen LogP contribution in [0, 0.1) is 5.41 Å². The van der Waals surface area contributed by atoms with Gasteiger partial charge in [-0.25, -0.2) is 4.98 Å². The van der Waals surface area contributed by atoms with E-state index in [1.807, 2.05) is 0 Å². The van der Waals surface area contributed by atoms with E-state index in [0.29, 0.717) is 18.8 Å². The summed E-state index contributed by atoms with van der Waals surface area (Å²) >= 11 is 0. The van der Waals surface area contributed by atoms with Gasteiger partial charge in [0.05, 0.1) is 5.56 Å². The predicted molar refractivity (Wildman–Crippen MR) is 78.0 cm³/mol. The maximum Gasteiger partial charge on any atom is 0.417 e. The monoisotopic (exact) mass is 335 g/mol. The Hall–Kier alpha value is -1.34. The molecule has 1 N–H and O–H groups in total. The van der Waals surface area contributed by atoms with Crippen molar-refractivity contribution in [3.05, 3.63) is 23.9 Å². The van der Waals surface area contributed by atoms with Gasteiger partial charge in [0, 0.05) is 31.1 Å². The van der Waals surface area contributed by atoms with Gasteiger partial charge in [0.25, 0.3) is 0 Å². The molecule has 3 heterocycles. The average molecular weight is 336 g/mol. The van der Waals surface area contributed by atoms with Crippen molar-refractivity contribution in [2.24, 2.45) is 5.41 Å². The first-order valence-electron chi connectivity index (χ1n) is 6.94. The molecule has 1 aromatic rings. The number of nitrogens with zero attached hydrogens (tertiary/aromatic N) is 2. The second kappa shape index (κ2) is 6.04. The Morgan fingerprint density at radius 1 is 1.27 bits per heavy atom. The smallest absolute Gasteiger partial charge is 0.316 e. The van der Waals surface area contributed by atoms with Crippen molar-refractivity contribution in [1.82, 2.24) is 10.3 Å². The Kier molecular flexibility index (Phi) is 4.67. The van der Waals surface area contributed by atoms with Gasteiger partial charge in [0.15, 0.2) is 0 Å². The van der Waals surface area contributed by atoms with Crippen LogP contribution >= 0.6 is 12.4 Å². The second-order valence-corrected chi connectivity index (χ2v) is 5.81. The van der Waals surface area contributed by atoms with E-state index in [0.717, 1.165) is 38.2 Å². The molecular weight excluding hydrogens is 319 g/mol. The highest BCUT2D eigenvalue weighted by atomic mass is 35.5. The quantitative estimate of drug-likeness (QED) is 0.858. The van der Waals surface area contributed by atoms with Crippen LogP contribution in [0.3, 0.4) is 0 Å². The minimum Gasteiger partial charge on any atom is -0.316 e. The standard InChI is InChI=1S/C14H16F3N3O.ClH/c15-14(16,17)10-1-2-11(19-7-10)20-9-13(4-3-12(20)21)5-6-18-8-13;/h1-2,7,18H,3-6,8-9H2;1H. The molecule has 1 atom stereocenters. The fourth-order valence-corrected chi connectivity index (χ4v) is 3.08. The van der Waals surface area contributed by atoms with Crippen LogP contribution in [0.4, 0.5) is 19.0 Å². The highest BCUT2D eigenvalue weighted by Crippen LogP contribution is 2.38. The van der Waals surface area contributed by atoms with Crippen molar-refractivity contribution in [3.8, 4) is 0 Å². The number of alkyl halides is 3. The minimum atomic E-state index is -4.41. The van der Waals surface area contributed by atoms with Gasteiger partial charge < -0.3 is 5.32 Å². The van der Waals surface area contributed by atoms with Crippen LogP contribution in [0.15, 0.2) is 18.3 Å². The first-order chi connectivity index (χ1) is 9.90. The molecule has 2 aliphatic heterocycles. The zero-order valence-corrected chi connectivity index (χ0v) is 12.6. The summed E-state index contributed by atoms with van der Waals surface area (Å²) in [5, 5.41) is 3.29. The van der Waals surface area contributed by atoms with E-state index < -0.39 is 11.7 Å². The number of carbonyl (C=O) groups excluding carboxylic acids is 1. The van der Waals surface area contributed by atoms with Gasteiger partial charge in [-0.2, -0.15) is 13.2 Å². The van der Waals surface area contributed by atoms with Crippen molar-refractivity contribution in [1.29, 1.82) is 0 Å². The van der Waals surface area contributed by atoms with Crippen LogP contribution in [0.5, 0.6) is 0 Å². The summed E-state index contributed by atoms with van der Waals surface area (Å²) in [5.74, 6) is 0.235. The largest absolute Gasteiger partial charge is 0.417 e. The molecule has 0 aromatic carbocycles. The summed E-state index contributed by atoms with van der Waals surface area (Å²) in [5.41, 5.74) is -0.758. The molecule has 3 rings (SSSR count). The molecule has 2 saturated heterocycles. The van der Waals surface area contributed by atoms with Crippen molar-refractivity contribution in [3.63, 3.8) is 0 Å². The van der Waals surface area contributed by atoms with Crippen LogP contribution in [0.25, 0.3) is 0 Å². The normalized spacial score (nSPS) is 25.4. The number of rotatable bonds is 1. The second-order valence-electron chi connectivity index (χ2n) is 5.81. The fourth-order valence-electron chi connectivity index (χ4n) is 3.08. The summed E-state index contributed by atoms with van der Waals surface area (Å²) in [6, 6.07) is 2.26. The van der Waals surface area contributed by atoms with Gasteiger partial charge in [-0.15, -0.1) is 12.4 Å². The Bertz CT molecular complexity index is 541. The molecule has 4 nitrogen and oxygen atoms in total. The van der Waals surface area contributed by atoms with Crippen molar-refractivity contribution < 1.29 is 18.0 Å². The van der Waals surface area contributed by atoms with Gasteiger partial charge in [0.1, 0.15) is 5.82 Å². The number of pyridine rings is 1. The molecule has 0 radical (unpaired) electrons. The maximum absolute atomic E-state index is 12.6. The Balaban J connectivity index is 0.00000176. The van der Waals surface area contributed by atoms with Crippen LogP contribution < -0.4 is 10.2 Å². The predicted octanol–water partition coefficient (Wildman–Crippen LogP) is 2.63. The lowest BCUT2D eigenvalue weighted by Crippen LogP contribution is -2.48.